The monoisotopic (exact) mass is 387 g/mol. The minimum atomic E-state index is -0.602. The van der Waals surface area contributed by atoms with E-state index in [1.54, 1.807) is 12.1 Å². The summed E-state index contributed by atoms with van der Waals surface area (Å²) in [5.41, 5.74) is 9.59. The Hall–Kier alpha value is -3.67. The molecule has 3 N–H and O–H groups in total. The van der Waals surface area contributed by atoms with E-state index in [0.29, 0.717) is 5.69 Å². The summed E-state index contributed by atoms with van der Waals surface area (Å²) in [7, 11) is 0. The Labute approximate surface area is 168 Å². The highest BCUT2D eigenvalue weighted by atomic mass is 16.2. The van der Waals surface area contributed by atoms with Crippen molar-refractivity contribution < 1.29 is 9.59 Å². The van der Waals surface area contributed by atoms with Crippen molar-refractivity contribution in [2.24, 2.45) is 0 Å². The third kappa shape index (κ3) is 3.12. The molecule has 1 aliphatic heterocycles. The zero-order chi connectivity index (χ0) is 20.9. The van der Waals surface area contributed by atoms with E-state index in [0.717, 1.165) is 17.2 Å². The number of anilines is 1. The number of fused-ring (bicyclic) bond motifs is 1. The molecule has 6 heteroatoms. The Morgan fingerprint density at radius 3 is 1.93 bits per heavy atom. The van der Waals surface area contributed by atoms with Crippen LogP contribution >= 0.6 is 0 Å². The predicted octanol–water partition coefficient (Wildman–Crippen LogP) is 3.27. The third-order valence-corrected chi connectivity index (χ3v) is 5.16. The highest BCUT2D eigenvalue weighted by Crippen LogP contribution is 2.28. The largest absolute Gasteiger partial charge is 0.384 e. The maximum absolute atomic E-state index is 12.5. The predicted molar refractivity (Wildman–Crippen MR) is 112 cm³/mol. The SMILES string of the molecule is CC(C)(C)c1ccc(-c2ccc(-n3c(N)c4c(cc3=O)C(=O)NC4=O)cc2)cc1. The molecule has 29 heavy (non-hydrogen) atoms. The van der Waals surface area contributed by atoms with Crippen LogP contribution in [0.5, 0.6) is 0 Å². The van der Waals surface area contributed by atoms with Crippen molar-refractivity contribution in [3.63, 3.8) is 0 Å². The minimum Gasteiger partial charge on any atom is -0.384 e. The van der Waals surface area contributed by atoms with Crippen LogP contribution < -0.4 is 16.6 Å². The number of carbonyl (C=O) groups excluding carboxylic acids is 2. The lowest BCUT2D eigenvalue weighted by molar-refractivity contribution is 0.0880. The van der Waals surface area contributed by atoms with Crippen molar-refractivity contribution >= 4 is 17.6 Å². The molecule has 6 nitrogen and oxygen atoms in total. The molecule has 0 aliphatic carbocycles. The molecule has 0 bridgehead atoms. The molecule has 1 aromatic heterocycles. The zero-order valence-corrected chi connectivity index (χ0v) is 16.4. The Balaban J connectivity index is 1.73. The van der Waals surface area contributed by atoms with Gasteiger partial charge in [0, 0.05) is 6.07 Å². The molecular formula is C23H21N3O3. The summed E-state index contributed by atoms with van der Waals surface area (Å²) in [4.78, 5) is 36.3. The number of rotatable bonds is 2. The van der Waals surface area contributed by atoms with Gasteiger partial charge in [-0.05, 0) is 34.2 Å². The highest BCUT2D eigenvalue weighted by molar-refractivity contribution is 6.23. The second-order valence-electron chi connectivity index (χ2n) is 8.15. The minimum absolute atomic E-state index is 0.0179. The maximum Gasteiger partial charge on any atom is 0.262 e. The zero-order valence-electron chi connectivity index (χ0n) is 16.4. The van der Waals surface area contributed by atoms with Gasteiger partial charge in [-0.3, -0.25) is 24.3 Å². The molecule has 0 spiro atoms. The summed E-state index contributed by atoms with van der Waals surface area (Å²) in [5, 5.41) is 2.16. The van der Waals surface area contributed by atoms with Gasteiger partial charge in [0.2, 0.25) is 0 Å². The number of amides is 2. The first-order valence-electron chi connectivity index (χ1n) is 9.29. The molecule has 0 fully saturated rings. The number of nitrogens with one attached hydrogen (secondary N) is 1. The van der Waals surface area contributed by atoms with Crippen LogP contribution in [0.3, 0.4) is 0 Å². The van der Waals surface area contributed by atoms with Gasteiger partial charge in [-0.1, -0.05) is 57.2 Å². The first kappa shape index (κ1) is 18.7. The Morgan fingerprint density at radius 1 is 0.828 bits per heavy atom. The lowest BCUT2D eigenvalue weighted by atomic mass is 9.86. The van der Waals surface area contributed by atoms with E-state index in [-0.39, 0.29) is 22.4 Å². The van der Waals surface area contributed by atoms with Crippen molar-refractivity contribution in [2.45, 2.75) is 26.2 Å². The molecule has 0 unspecified atom stereocenters. The number of nitrogens with zero attached hydrogens (tertiary/aromatic N) is 1. The first-order chi connectivity index (χ1) is 13.7. The summed E-state index contributed by atoms with van der Waals surface area (Å²) in [6, 6.07) is 16.8. The van der Waals surface area contributed by atoms with Crippen LogP contribution in [-0.2, 0) is 5.41 Å². The molecule has 0 atom stereocenters. The number of carbonyl (C=O) groups is 2. The average Bonchev–Trinajstić information content (AvgIpc) is 2.95. The smallest absolute Gasteiger partial charge is 0.262 e. The van der Waals surface area contributed by atoms with Gasteiger partial charge in [-0.15, -0.1) is 0 Å². The highest BCUT2D eigenvalue weighted by Gasteiger charge is 2.31. The quantitative estimate of drug-likeness (QED) is 0.660. The van der Waals surface area contributed by atoms with Gasteiger partial charge in [-0.25, -0.2) is 0 Å². The number of imide groups is 1. The number of nitrogen functional groups attached to an aromatic ring is 1. The fourth-order valence-corrected chi connectivity index (χ4v) is 3.51. The molecule has 0 saturated carbocycles. The second kappa shape index (κ2) is 6.44. The molecular weight excluding hydrogens is 366 g/mol. The van der Waals surface area contributed by atoms with E-state index < -0.39 is 17.4 Å². The van der Waals surface area contributed by atoms with Gasteiger partial charge < -0.3 is 5.73 Å². The molecule has 3 aromatic rings. The molecule has 0 radical (unpaired) electrons. The molecule has 1 aliphatic rings. The number of hydrogen-bond donors (Lipinski definition) is 2. The molecule has 4 rings (SSSR count). The molecule has 146 valence electrons. The summed E-state index contributed by atoms with van der Waals surface area (Å²) in [6.45, 7) is 6.51. The normalized spacial score (nSPS) is 13.3. The van der Waals surface area contributed by atoms with Gasteiger partial charge in [0.25, 0.3) is 17.4 Å². The molecule has 2 heterocycles. The Kier molecular flexibility index (Phi) is 4.15. The second-order valence-corrected chi connectivity index (χ2v) is 8.15. The number of pyridine rings is 1. The molecule has 2 amide bonds. The van der Waals surface area contributed by atoms with Crippen molar-refractivity contribution in [2.75, 3.05) is 5.73 Å². The van der Waals surface area contributed by atoms with E-state index >= 15 is 0 Å². The van der Waals surface area contributed by atoms with Crippen molar-refractivity contribution in [3.05, 3.63) is 81.6 Å². The van der Waals surface area contributed by atoms with E-state index in [1.807, 2.05) is 12.1 Å². The van der Waals surface area contributed by atoms with E-state index in [2.05, 4.69) is 50.4 Å². The van der Waals surface area contributed by atoms with Crippen LogP contribution in [0.15, 0.2) is 59.4 Å². The van der Waals surface area contributed by atoms with Crippen LogP contribution in [0, 0.1) is 0 Å². The van der Waals surface area contributed by atoms with E-state index in [9.17, 15) is 14.4 Å². The van der Waals surface area contributed by atoms with Gasteiger partial charge in [0.05, 0.1) is 16.8 Å². The van der Waals surface area contributed by atoms with Crippen molar-refractivity contribution in [1.82, 2.24) is 9.88 Å². The first-order valence-corrected chi connectivity index (χ1v) is 9.29. The van der Waals surface area contributed by atoms with Crippen LogP contribution in [-0.4, -0.2) is 16.4 Å². The number of nitrogens with two attached hydrogens (primary N) is 1. The van der Waals surface area contributed by atoms with Crippen LogP contribution in [0.1, 0.15) is 47.1 Å². The lowest BCUT2D eigenvalue weighted by Gasteiger charge is -2.19. The summed E-state index contributed by atoms with van der Waals surface area (Å²) in [6.07, 6.45) is 0. The average molecular weight is 387 g/mol. The number of aromatic nitrogens is 1. The number of benzene rings is 2. The molecule has 0 saturated heterocycles. The lowest BCUT2D eigenvalue weighted by Crippen LogP contribution is -2.24. The fourth-order valence-electron chi connectivity index (χ4n) is 3.51. The summed E-state index contributed by atoms with van der Waals surface area (Å²) >= 11 is 0. The van der Waals surface area contributed by atoms with Crippen LogP contribution in [0.2, 0.25) is 0 Å². The van der Waals surface area contributed by atoms with E-state index in [4.69, 9.17) is 5.73 Å². The number of hydrogen-bond acceptors (Lipinski definition) is 4. The van der Waals surface area contributed by atoms with Crippen LogP contribution in [0.25, 0.3) is 16.8 Å². The maximum atomic E-state index is 12.5. The fraction of sp³-hybridized carbons (Fsp3) is 0.174. The molecule has 2 aromatic carbocycles. The van der Waals surface area contributed by atoms with Crippen LogP contribution in [0.4, 0.5) is 5.82 Å². The van der Waals surface area contributed by atoms with Gasteiger partial charge in [-0.2, -0.15) is 0 Å². The standard InChI is InChI=1S/C23H21N3O3/c1-23(2,3)15-8-4-13(5-9-15)14-6-10-16(11-7-14)26-18(27)12-17-19(20(26)24)22(29)25-21(17)28/h4-12H,24H2,1-3H3,(H,25,28,29). The van der Waals surface area contributed by atoms with Gasteiger partial charge in [0.1, 0.15) is 5.82 Å². The summed E-state index contributed by atoms with van der Waals surface area (Å²) in [5.74, 6) is -1.24. The van der Waals surface area contributed by atoms with E-state index in [1.165, 1.54) is 10.1 Å². The van der Waals surface area contributed by atoms with Gasteiger partial charge in [0.15, 0.2) is 0 Å². The Morgan fingerprint density at radius 2 is 1.38 bits per heavy atom. The topological polar surface area (TPSA) is 94.2 Å². The summed E-state index contributed by atoms with van der Waals surface area (Å²) < 4.78 is 1.24. The third-order valence-electron chi connectivity index (χ3n) is 5.16. The van der Waals surface area contributed by atoms with Crippen molar-refractivity contribution in [3.8, 4) is 16.8 Å². The van der Waals surface area contributed by atoms with Gasteiger partial charge >= 0.3 is 0 Å². The van der Waals surface area contributed by atoms with Crippen molar-refractivity contribution in [1.29, 1.82) is 0 Å². The Bertz CT molecular complexity index is 1200.